The average Bonchev–Trinajstić information content (AvgIpc) is 2.72. The molecule has 5 heteroatoms. The van der Waals surface area contributed by atoms with E-state index < -0.39 is 11.5 Å². The Hall–Kier alpha value is -1.46. The largest absolute Gasteiger partial charge is 0.461 e. The van der Waals surface area contributed by atoms with Crippen molar-refractivity contribution >= 4 is 12.3 Å². The summed E-state index contributed by atoms with van der Waals surface area (Å²) in [4.78, 5) is 23.6. The molecule has 0 saturated heterocycles. The van der Waals surface area contributed by atoms with Crippen molar-refractivity contribution in [1.29, 1.82) is 0 Å². The number of aldehydes is 1. The van der Waals surface area contributed by atoms with E-state index in [1.165, 1.54) is 5.57 Å². The third kappa shape index (κ3) is 6.76. The van der Waals surface area contributed by atoms with Crippen LogP contribution in [0.1, 0.15) is 73.1 Å². The van der Waals surface area contributed by atoms with Crippen LogP contribution < -0.4 is 0 Å². The van der Waals surface area contributed by atoms with Crippen LogP contribution in [0.15, 0.2) is 23.8 Å². The number of aliphatic hydroxyl groups is 1. The van der Waals surface area contributed by atoms with Gasteiger partial charge in [0.15, 0.2) is 0 Å². The number of carbonyl (C=O) groups excluding carboxylic acids is 2. The molecule has 7 atom stereocenters. The fraction of sp³-hybridized carbons (Fsp3) is 0.769. The molecule has 0 bridgehead atoms. The predicted molar refractivity (Wildman–Crippen MR) is 122 cm³/mol. The zero-order valence-electron chi connectivity index (χ0n) is 20.2. The lowest BCUT2D eigenvalue weighted by molar-refractivity contribution is -0.164. The van der Waals surface area contributed by atoms with E-state index in [1.54, 1.807) is 7.11 Å². The molecule has 31 heavy (non-hydrogen) atoms. The summed E-state index contributed by atoms with van der Waals surface area (Å²) >= 11 is 0. The number of hydrogen-bond donors (Lipinski definition) is 1. The van der Waals surface area contributed by atoms with Crippen molar-refractivity contribution in [3.05, 3.63) is 23.8 Å². The van der Waals surface area contributed by atoms with E-state index in [9.17, 15) is 14.7 Å². The quantitative estimate of drug-likeness (QED) is 0.371. The van der Waals surface area contributed by atoms with E-state index in [0.717, 1.165) is 32.0 Å². The summed E-state index contributed by atoms with van der Waals surface area (Å²) in [5.41, 5.74) is 0.801. The number of rotatable bonds is 11. The van der Waals surface area contributed by atoms with Crippen molar-refractivity contribution in [2.75, 3.05) is 7.11 Å². The maximum atomic E-state index is 12.9. The van der Waals surface area contributed by atoms with Crippen LogP contribution in [0.2, 0.25) is 0 Å². The normalized spacial score (nSPS) is 30.2. The maximum Gasteiger partial charge on any atom is 0.311 e. The summed E-state index contributed by atoms with van der Waals surface area (Å²) in [6, 6.07) is 0. The minimum atomic E-state index is -0.665. The third-order valence-corrected chi connectivity index (χ3v) is 7.35. The van der Waals surface area contributed by atoms with E-state index in [0.29, 0.717) is 24.2 Å². The maximum absolute atomic E-state index is 12.9. The lowest BCUT2D eigenvalue weighted by Crippen LogP contribution is -2.43. The standard InChI is InChI=1S/C26H42O5/c1-7-26(4,5)25(29)31-23-15-17(2)14-19-9-8-18(3)22(24(19)23)11-10-21(30-6)16-20(28)12-13-27/h8-9,13-14,17-18,20-24,28H,7,10-12,15-16H2,1-6H3/t17-,18-,20-,21?,22-,23-,24?/m0/s1. The highest BCUT2D eigenvalue weighted by molar-refractivity contribution is 5.76. The lowest BCUT2D eigenvalue weighted by atomic mass is 9.65. The Morgan fingerprint density at radius 2 is 2.06 bits per heavy atom. The van der Waals surface area contributed by atoms with Gasteiger partial charge in [0.1, 0.15) is 12.4 Å². The molecule has 2 aliphatic rings. The molecule has 0 aromatic heterocycles. The van der Waals surface area contributed by atoms with Crippen LogP contribution in [0.4, 0.5) is 0 Å². The molecule has 5 nitrogen and oxygen atoms in total. The Kier molecular flexibility index (Phi) is 9.50. The zero-order valence-corrected chi connectivity index (χ0v) is 20.2. The van der Waals surface area contributed by atoms with Crippen molar-refractivity contribution in [3.63, 3.8) is 0 Å². The summed E-state index contributed by atoms with van der Waals surface area (Å²) in [5.74, 6) is 1.16. The molecule has 0 radical (unpaired) electrons. The van der Waals surface area contributed by atoms with Crippen molar-refractivity contribution in [1.82, 2.24) is 0 Å². The van der Waals surface area contributed by atoms with Gasteiger partial charge in [0, 0.05) is 19.4 Å². The van der Waals surface area contributed by atoms with Crippen LogP contribution >= 0.6 is 0 Å². The minimum Gasteiger partial charge on any atom is -0.461 e. The van der Waals surface area contributed by atoms with Crippen molar-refractivity contribution in [2.24, 2.45) is 29.1 Å². The van der Waals surface area contributed by atoms with Gasteiger partial charge in [-0.05, 0) is 69.3 Å². The van der Waals surface area contributed by atoms with Gasteiger partial charge in [-0.25, -0.2) is 0 Å². The molecule has 0 aromatic carbocycles. The molecule has 0 amide bonds. The Morgan fingerprint density at radius 1 is 1.35 bits per heavy atom. The van der Waals surface area contributed by atoms with Gasteiger partial charge < -0.3 is 19.4 Å². The molecule has 176 valence electrons. The molecule has 0 saturated carbocycles. The fourth-order valence-electron chi connectivity index (χ4n) is 4.88. The zero-order chi connectivity index (χ0) is 23.2. The van der Waals surface area contributed by atoms with Gasteiger partial charge >= 0.3 is 5.97 Å². The summed E-state index contributed by atoms with van der Waals surface area (Å²) in [6.07, 6.45) is 10.6. The first-order valence-corrected chi connectivity index (χ1v) is 11.9. The molecule has 1 N–H and O–H groups in total. The van der Waals surface area contributed by atoms with E-state index in [-0.39, 0.29) is 30.5 Å². The molecule has 0 fully saturated rings. The highest BCUT2D eigenvalue weighted by Crippen LogP contribution is 2.45. The van der Waals surface area contributed by atoms with Gasteiger partial charge in [-0.15, -0.1) is 0 Å². The lowest BCUT2D eigenvalue weighted by Gasteiger charge is -2.44. The molecule has 0 heterocycles. The van der Waals surface area contributed by atoms with Gasteiger partial charge in [0.25, 0.3) is 0 Å². The molecule has 2 aliphatic carbocycles. The second kappa shape index (κ2) is 11.4. The van der Waals surface area contributed by atoms with E-state index >= 15 is 0 Å². The van der Waals surface area contributed by atoms with Gasteiger partial charge in [-0.2, -0.15) is 0 Å². The number of aliphatic hydroxyl groups excluding tert-OH is 1. The number of fused-ring (bicyclic) bond motifs is 1. The summed E-state index contributed by atoms with van der Waals surface area (Å²) in [6.45, 7) is 10.3. The number of methoxy groups -OCH3 is 1. The van der Waals surface area contributed by atoms with Crippen molar-refractivity contribution in [2.45, 2.75) is 91.5 Å². The number of allylic oxidation sites excluding steroid dienone is 3. The molecular weight excluding hydrogens is 392 g/mol. The monoisotopic (exact) mass is 434 g/mol. The number of ether oxygens (including phenoxy) is 2. The van der Waals surface area contributed by atoms with Crippen molar-refractivity contribution in [3.8, 4) is 0 Å². The minimum absolute atomic E-state index is 0.0944. The number of carbonyl (C=O) groups is 2. The van der Waals surface area contributed by atoms with Crippen LogP contribution in [-0.2, 0) is 19.1 Å². The van der Waals surface area contributed by atoms with Crippen LogP contribution in [0, 0.1) is 29.1 Å². The summed E-state index contributed by atoms with van der Waals surface area (Å²) in [7, 11) is 1.66. The highest BCUT2D eigenvalue weighted by atomic mass is 16.5. The molecule has 0 aliphatic heterocycles. The van der Waals surface area contributed by atoms with E-state index in [1.807, 2.05) is 20.8 Å². The van der Waals surface area contributed by atoms with Crippen molar-refractivity contribution < 1.29 is 24.2 Å². The molecule has 2 unspecified atom stereocenters. The van der Waals surface area contributed by atoms with Crippen LogP contribution in [0.3, 0.4) is 0 Å². The highest BCUT2D eigenvalue weighted by Gasteiger charge is 2.42. The number of esters is 1. The SMILES string of the molecule is CCC(C)(C)C(=O)O[C@H]1C[C@@H](C)C=C2C=C[C@H](C)[C@H](CCC(C[C@@H](O)CC=O)OC)C21. The van der Waals surface area contributed by atoms with Gasteiger partial charge in [-0.1, -0.05) is 39.0 Å². The first-order chi connectivity index (χ1) is 14.6. The van der Waals surface area contributed by atoms with E-state index in [2.05, 4.69) is 32.1 Å². The Balaban J connectivity index is 2.17. The topological polar surface area (TPSA) is 72.8 Å². The number of hydrogen-bond acceptors (Lipinski definition) is 5. The Morgan fingerprint density at radius 3 is 2.68 bits per heavy atom. The summed E-state index contributed by atoms with van der Waals surface area (Å²) in [5, 5.41) is 10.0. The van der Waals surface area contributed by atoms with Crippen LogP contribution in [0.25, 0.3) is 0 Å². The van der Waals surface area contributed by atoms with E-state index in [4.69, 9.17) is 9.47 Å². The van der Waals surface area contributed by atoms with Crippen LogP contribution in [-0.4, -0.2) is 42.8 Å². The first-order valence-electron chi connectivity index (χ1n) is 11.9. The fourth-order valence-corrected chi connectivity index (χ4v) is 4.88. The van der Waals surface area contributed by atoms with Gasteiger partial charge in [0.2, 0.25) is 0 Å². The predicted octanol–water partition coefficient (Wildman–Crippen LogP) is 4.87. The second-order valence-electron chi connectivity index (χ2n) is 10.2. The Bertz CT molecular complexity index is 665. The first kappa shape index (κ1) is 25.8. The van der Waals surface area contributed by atoms with Gasteiger partial charge in [-0.3, -0.25) is 4.79 Å². The molecule has 0 aromatic rings. The average molecular weight is 435 g/mol. The third-order valence-electron chi connectivity index (χ3n) is 7.35. The molecule has 0 spiro atoms. The smallest absolute Gasteiger partial charge is 0.311 e. The second-order valence-corrected chi connectivity index (χ2v) is 10.2. The summed E-state index contributed by atoms with van der Waals surface area (Å²) < 4.78 is 11.8. The Labute approximate surface area is 188 Å². The molecule has 2 rings (SSSR count). The molecular formula is C26H42O5. The van der Waals surface area contributed by atoms with Crippen LogP contribution in [0.5, 0.6) is 0 Å². The van der Waals surface area contributed by atoms with Gasteiger partial charge in [0.05, 0.1) is 17.6 Å².